The molecule has 1 unspecified atom stereocenters. The van der Waals surface area contributed by atoms with Crippen molar-refractivity contribution in [1.29, 1.82) is 0 Å². The van der Waals surface area contributed by atoms with Crippen LogP contribution in [0.15, 0.2) is 38.9 Å². The summed E-state index contributed by atoms with van der Waals surface area (Å²) in [5.74, 6) is 1.28. The Balaban J connectivity index is 1.45. The number of H-pyrrole nitrogens is 1. The lowest BCUT2D eigenvalue weighted by atomic mass is 9.96. The minimum atomic E-state index is -3.52. The fourth-order valence-corrected chi connectivity index (χ4v) is 5.11. The molecule has 0 aromatic carbocycles. The van der Waals surface area contributed by atoms with Crippen LogP contribution in [0.3, 0.4) is 0 Å². The van der Waals surface area contributed by atoms with Gasteiger partial charge in [0.1, 0.15) is 0 Å². The molecule has 4 rings (SSSR count). The standard InChI is InChI=1S/C15H17N5O3S2/c21-25(22,14-7-16-10-17-14)20-4-1-2-11(8-20)6-13-18-15(19-23-13)12-3-5-24-9-12/h3,5,7,9-11H,1-2,4,6,8H2,(H,16,17). The first-order valence-electron chi connectivity index (χ1n) is 7.96. The van der Waals surface area contributed by atoms with Crippen LogP contribution in [0.25, 0.3) is 11.4 Å². The van der Waals surface area contributed by atoms with E-state index in [2.05, 4.69) is 20.1 Å². The second kappa shape index (κ2) is 6.70. The van der Waals surface area contributed by atoms with Crippen molar-refractivity contribution in [2.24, 2.45) is 5.92 Å². The van der Waals surface area contributed by atoms with E-state index in [1.54, 1.807) is 11.3 Å². The third kappa shape index (κ3) is 3.37. The van der Waals surface area contributed by atoms with Gasteiger partial charge >= 0.3 is 0 Å². The summed E-state index contributed by atoms with van der Waals surface area (Å²) in [5.41, 5.74) is 0.937. The SMILES string of the molecule is O=S(=O)(c1cnc[nH]1)N1CCCC(Cc2nc(-c3ccsc3)no2)C1. The van der Waals surface area contributed by atoms with Gasteiger partial charge in [-0.25, -0.2) is 13.4 Å². The van der Waals surface area contributed by atoms with Gasteiger partial charge in [0.2, 0.25) is 11.7 Å². The summed E-state index contributed by atoms with van der Waals surface area (Å²) in [6.45, 7) is 0.958. The fraction of sp³-hybridized carbons (Fsp3) is 0.400. The highest BCUT2D eigenvalue weighted by molar-refractivity contribution is 7.89. The predicted molar refractivity (Wildman–Crippen MR) is 91.4 cm³/mol. The Kier molecular flexibility index (Phi) is 4.40. The second-order valence-corrected chi connectivity index (χ2v) is 8.70. The first-order valence-corrected chi connectivity index (χ1v) is 10.3. The summed E-state index contributed by atoms with van der Waals surface area (Å²) < 4.78 is 32.1. The lowest BCUT2D eigenvalue weighted by Gasteiger charge is -2.30. The zero-order valence-electron chi connectivity index (χ0n) is 13.3. The van der Waals surface area contributed by atoms with Crippen molar-refractivity contribution >= 4 is 21.4 Å². The number of imidazole rings is 1. The Hall–Kier alpha value is -2.04. The average Bonchev–Trinajstić information content (AvgIpc) is 3.36. The lowest BCUT2D eigenvalue weighted by molar-refractivity contribution is 0.246. The Morgan fingerprint density at radius 2 is 2.36 bits per heavy atom. The van der Waals surface area contributed by atoms with Crippen LogP contribution in [0.5, 0.6) is 0 Å². The fourth-order valence-electron chi connectivity index (χ4n) is 3.03. The molecule has 4 heterocycles. The molecule has 1 aliphatic rings. The Morgan fingerprint density at radius 1 is 1.44 bits per heavy atom. The van der Waals surface area contributed by atoms with Gasteiger partial charge in [-0.3, -0.25) is 0 Å². The van der Waals surface area contributed by atoms with E-state index in [9.17, 15) is 8.42 Å². The Bertz CT molecular complexity index is 918. The van der Waals surface area contributed by atoms with Gasteiger partial charge in [-0.2, -0.15) is 20.6 Å². The van der Waals surface area contributed by atoms with Gasteiger partial charge in [0.25, 0.3) is 10.0 Å². The molecule has 1 aliphatic heterocycles. The molecule has 1 N–H and O–H groups in total. The number of nitrogens with zero attached hydrogens (tertiary/aromatic N) is 4. The number of piperidine rings is 1. The van der Waals surface area contributed by atoms with E-state index in [4.69, 9.17) is 4.52 Å². The molecule has 3 aromatic rings. The normalized spacial score (nSPS) is 19.3. The molecule has 10 heteroatoms. The minimum absolute atomic E-state index is 0.130. The number of rotatable bonds is 5. The van der Waals surface area contributed by atoms with E-state index < -0.39 is 10.0 Å². The van der Waals surface area contributed by atoms with Gasteiger partial charge < -0.3 is 9.51 Å². The van der Waals surface area contributed by atoms with Crippen molar-refractivity contribution in [1.82, 2.24) is 24.4 Å². The van der Waals surface area contributed by atoms with Crippen LogP contribution in [0.4, 0.5) is 0 Å². The highest BCUT2D eigenvalue weighted by atomic mass is 32.2. The predicted octanol–water partition coefficient (Wildman–Crippen LogP) is 2.16. The maximum atomic E-state index is 12.6. The van der Waals surface area contributed by atoms with Crippen LogP contribution in [-0.4, -0.2) is 45.9 Å². The third-order valence-electron chi connectivity index (χ3n) is 4.28. The van der Waals surface area contributed by atoms with Crippen molar-refractivity contribution < 1.29 is 12.9 Å². The van der Waals surface area contributed by atoms with Crippen LogP contribution < -0.4 is 0 Å². The number of hydrogen-bond donors (Lipinski definition) is 1. The molecule has 3 aromatic heterocycles. The van der Waals surface area contributed by atoms with E-state index >= 15 is 0 Å². The summed E-state index contributed by atoms with van der Waals surface area (Å²) in [7, 11) is -3.52. The molecule has 8 nitrogen and oxygen atoms in total. The second-order valence-electron chi connectivity index (χ2n) is 6.02. The van der Waals surface area contributed by atoms with Crippen molar-refractivity contribution in [3.05, 3.63) is 35.2 Å². The van der Waals surface area contributed by atoms with Gasteiger partial charge in [0.05, 0.1) is 12.5 Å². The summed E-state index contributed by atoms with van der Waals surface area (Å²) in [6, 6.07) is 1.94. The van der Waals surface area contributed by atoms with E-state index in [0.29, 0.717) is 31.2 Å². The van der Waals surface area contributed by atoms with E-state index in [1.807, 2.05) is 16.8 Å². The number of hydrogen-bond acceptors (Lipinski definition) is 7. The van der Waals surface area contributed by atoms with Crippen LogP contribution >= 0.6 is 11.3 Å². The number of sulfonamides is 1. The summed E-state index contributed by atoms with van der Waals surface area (Å²) in [4.78, 5) is 10.9. The highest BCUT2D eigenvalue weighted by Crippen LogP contribution is 2.26. The Morgan fingerprint density at radius 3 is 3.12 bits per heavy atom. The molecular formula is C15H17N5O3S2. The monoisotopic (exact) mass is 379 g/mol. The van der Waals surface area contributed by atoms with Gasteiger partial charge in [-0.15, -0.1) is 0 Å². The van der Waals surface area contributed by atoms with Gasteiger partial charge in [0.15, 0.2) is 5.03 Å². The van der Waals surface area contributed by atoms with Crippen molar-refractivity contribution in [3.63, 3.8) is 0 Å². The molecule has 0 amide bonds. The van der Waals surface area contributed by atoms with E-state index in [1.165, 1.54) is 16.8 Å². The first-order chi connectivity index (χ1) is 12.1. The smallest absolute Gasteiger partial charge is 0.260 e. The molecule has 0 aliphatic carbocycles. The topological polar surface area (TPSA) is 105 Å². The quantitative estimate of drug-likeness (QED) is 0.728. The van der Waals surface area contributed by atoms with Crippen LogP contribution in [0.2, 0.25) is 0 Å². The molecule has 1 atom stereocenters. The van der Waals surface area contributed by atoms with Crippen molar-refractivity contribution in [3.8, 4) is 11.4 Å². The molecule has 0 bridgehead atoms. The molecule has 1 fully saturated rings. The third-order valence-corrected chi connectivity index (χ3v) is 6.76. The van der Waals surface area contributed by atoms with E-state index in [-0.39, 0.29) is 10.9 Å². The highest BCUT2D eigenvalue weighted by Gasteiger charge is 2.32. The summed E-state index contributed by atoms with van der Waals surface area (Å²) >= 11 is 1.58. The largest absolute Gasteiger partial charge is 0.339 e. The number of aromatic nitrogens is 4. The zero-order chi connectivity index (χ0) is 17.3. The van der Waals surface area contributed by atoms with E-state index in [0.717, 1.165) is 18.4 Å². The minimum Gasteiger partial charge on any atom is -0.339 e. The Labute approximate surface area is 149 Å². The molecule has 25 heavy (non-hydrogen) atoms. The first kappa shape index (κ1) is 16.4. The number of nitrogens with one attached hydrogen (secondary N) is 1. The van der Waals surface area contributed by atoms with Crippen LogP contribution in [-0.2, 0) is 16.4 Å². The lowest BCUT2D eigenvalue weighted by Crippen LogP contribution is -2.40. The molecule has 132 valence electrons. The van der Waals surface area contributed by atoms with Crippen molar-refractivity contribution in [2.45, 2.75) is 24.3 Å². The molecule has 0 saturated carbocycles. The zero-order valence-corrected chi connectivity index (χ0v) is 15.0. The van der Waals surface area contributed by atoms with Gasteiger partial charge in [0, 0.05) is 30.5 Å². The molecule has 0 spiro atoms. The van der Waals surface area contributed by atoms with Crippen molar-refractivity contribution in [2.75, 3.05) is 13.1 Å². The molecule has 0 radical (unpaired) electrons. The summed E-state index contributed by atoms with van der Waals surface area (Å²) in [6.07, 6.45) is 5.03. The van der Waals surface area contributed by atoms with Gasteiger partial charge in [-0.1, -0.05) is 5.16 Å². The van der Waals surface area contributed by atoms with Crippen LogP contribution in [0, 0.1) is 5.92 Å². The maximum absolute atomic E-state index is 12.6. The maximum Gasteiger partial charge on any atom is 0.260 e. The molecular weight excluding hydrogens is 362 g/mol. The van der Waals surface area contributed by atoms with Crippen LogP contribution in [0.1, 0.15) is 18.7 Å². The van der Waals surface area contributed by atoms with Gasteiger partial charge in [-0.05, 0) is 30.2 Å². The average molecular weight is 379 g/mol. The molecule has 1 saturated heterocycles. The summed E-state index contributed by atoms with van der Waals surface area (Å²) in [5, 5.41) is 8.07. The number of thiophene rings is 1. The number of aromatic amines is 1.